The minimum atomic E-state index is -1.01. The summed E-state index contributed by atoms with van der Waals surface area (Å²) in [5.74, 6) is 0.217. The van der Waals surface area contributed by atoms with Gasteiger partial charge in [-0.3, -0.25) is 4.79 Å². The topological polar surface area (TPSA) is 64.3 Å². The van der Waals surface area contributed by atoms with Crippen LogP contribution >= 0.6 is 0 Å². The molecule has 1 unspecified atom stereocenters. The summed E-state index contributed by atoms with van der Waals surface area (Å²) in [5, 5.41) is 3.21. The molecule has 0 aromatic heterocycles. The highest BCUT2D eigenvalue weighted by Gasteiger charge is 2.33. The fraction of sp³-hybridized carbons (Fsp3) is 0.235. The second-order valence-electron chi connectivity index (χ2n) is 5.18. The fourth-order valence-electron chi connectivity index (χ4n) is 2.18. The van der Waals surface area contributed by atoms with Gasteiger partial charge in [-0.1, -0.05) is 42.0 Å². The molecule has 4 nitrogen and oxygen atoms in total. The number of rotatable bonds is 5. The van der Waals surface area contributed by atoms with Crippen molar-refractivity contribution < 1.29 is 9.53 Å². The van der Waals surface area contributed by atoms with Gasteiger partial charge in [0.15, 0.2) is 0 Å². The maximum absolute atomic E-state index is 12.0. The van der Waals surface area contributed by atoms with Gasteiger partial charge in [-0.25, -0.2) is 0 Å². The van der Waals surface area contributed by atoms with Gasteiger partial charge in [-0.05, 0) is 31.5 Å². The normalized spacial score (nSPS) is 13.3. The Morgan fingerprint density at radius 3 is 2.33 bits per heavy atom. The van der Waals surface area contributed by atoms with E-state index in [2.05, 4.69) is 5.32 Å². The molecule has 0 fully saturated rings. The van der Waals surface area contributed by atoms with Crippen LogP contribution in [-0.4, -0.2) is 13.0 Å². The number of carbonyl (C=O) groups excluding carboxylic acids is 1. The van der Waals surface area contributed by atoms with Gasteiger partial charge in [0.05, 0.1) is 12.8 Å². The number of aryl methyl sites for hydroxylation is 1. The molecule has 0 spiro atoms. The van der Waals surface area contributed by atoms with E-state index >= 15 is 0 Å². The molecular formula is C17H20N2O2. The van der Waals surface area contributed by atoms with Crippen molar-refractivity contribution in [3.05, 3.63) is 59.7 Å². The van der Waals surface area contributed by atoms with Gasteiger partial charge >= 0.3 is 0 Å². The Kier molecular flexibility index (Phi) is 4.17. The summed E-state index contributed by atoms with van der Waals surface area (Å²) in [5.41, 5.74) is 7.29. The first kappa shape index (κ1) is 14.9. The molecule has 0 aliphatic carbocycles. The highest BCUT2D eigenvalue weighted by atomic mass is 16.5. The molecule has 0 saturated heterocycles. The average Bonchev–Trinajstić information content (AvgIpc) is 2.48. The number of hydrogen-bond donors (Lipinski definition) is 2. The first-order chi connectivity index (χ1) is 9.97. The average molecular weight is 284 g/mol. The van der Waals surface area contributed by atoms with Gasteiger partial charge < -0.3 is 15.8 Å². The zero-order chi connectivity index (χ0) is 15.5. The van der Waals surface area contributed by atoms with E-state index in [1.165, 1.54) is 0 Å². The van der Waals surface area contributed by atoms with Gasteiger partial charge in [-0.2, -0.15) is 0 Å². The Labute approximate surface area is 124 Å². The molecule has 0 saturated carbocycles. The van der Waals surface area contributed by atoms with Crippen LogP contribution in [0.5, 0.6) is 5.75 Å². The number of para-hydroxylation sites is 2. The van der Waals surface area contributed by atoms with E-state index < -0.39 is 11.4 Å². The van der Waals surface area contributed by atoms with Crippen molar-refractivity contribution >= 4 is 11.6 Å². The molecule has 0 bridgehead atoms. The molecule has 2 aromatic rings. The van der Waals surface area contributed by atoms with Crippen LogP contribution in [0.15, 0.2) is 48.5 Å². The van der Waals surface area contributed by atoms with Gasteiger partial charge in [0, 0.05) is 0 Å². The third-order valence-corrected chi connectivity index (χ3v) is 3.61. The summed E-state index contributed by atoms with van der Waals surface area (Å²) in [6.45, 7) is 3.77. The molecule has 1 amide bonds. The van der Waals surface area contributed by atoms with E-state index in [-0.39, 0.29) is 0 Å². The summed E-state index contributed by atoms with van der Waals surface area (Å²) in [4.78, 5) is 12.0. The molecule has 4 heteroatoms. The lowest BCUT2D eigenvalue weighted by Gasteiger charge is -2.30. The monoisotopic (exact) mass is 284 g/mol. The van der Waals surface area contributed by atoms with E-state index in [9.17, 15) is 4.79 Å². The number of anilines is 1. The lowest BCUT2D eigenvalue weighted by molar-refractivity contribution is -0.122. The van der Waals surface area contributed by atoms with Crippen LogP contribution in [0.1, 0.15) is 18.1 Å². The Morgan fingerprint density at radius 2 is 1.76 bits per heavy atom. The van der Waals surface area contributed by atoms with Crippen molar-refractivity contribution in [1.29, 1.82) is 0 Å². The molecule has 21 heavy (non-hydrogen) atoms. The molecule has 110 valence electrons. The van der Waals surface area contributed by atoms with Crippen LogP contribution in [0.4, 0.5) is 5.69 Å². The van der Waals surface area contributed by atoms with Gasteiger partial charge in [0.1, 0.15) is 11.3 Å². The van der Waals surface area contributed by atoms with Gasteiger partial charge in [0.2, 0.25) is 5.91 Å². The second-order valence-corrected chi connectivity index (χ2v) is 5.18. The predicted octanol–water partition coefficient (Wildman–Crippen LogP) is 2.82. The van der Waals surface area contributed by atoms with E-state index in [1.807, 2.05) is 55.5 Å². The molecule has 0 radical (unpaired) electrons. The number of primary amides is 1. The largest absolute Gasteiger partial charge is 0.495 e. The molecule has 3 N–H and O–H groups in total. The van der Waals surface area contributed by atoms with Crippen LogP contribution in [0.2, 0.25) is 0 Å². The van der Waals surface area contributed by atoms with Crippen molar-refractivity contribution in [2.45, 2.75) is 19.4 Å². The quantitative estimate of drug-likeness (QED) is 0.887. The third-order valence-electron chi connectivity index (χ3n) is 3.61. The molecule has 1 atom stereocenters. The lowest BCUT2D eigenvalue weighted by Crippen LogP contribution is -2.45. The number of amides is 1. The zero-order valence-corrected chi connectivity index (χ0v) is 12.5. The first-order valence-electron chi connectivity index (χ1n) is 6.75. The number of methoxy groups -OCH3 is 1. The second kappa shape index (κ2) is 5.87. The molecular weight excluding hydrogens is 264 g/mol. The van der Waals surface area contributed by atoms with Crippen molar-refractivity contribution in [3.8, 4) is 5.75 Å². The summed E-state index contributed by atoms with van der Waals surface area (Å²) < 4.78 is 5.31. The fourth-order valence-corrected chi connectivity index (χ4v) is 2.18. The maximum Gasteiger partial charge on any atom is 0.247 e. The number of nitrogens with one attached hydrogen (secondary N) is 1. The Bertz CT molecular complexity index is 637. The smallest absolute Gasteiger partial charge is 0.247 e. The number of nitrogens with two attached hydrogens (primary N) is 1. The van der Waals surface area contributed by atoms with E-state index in [4.69, 9.17) is 10.5 Å². The number of carbonyl (C=O) groups is 1. The summed E-state index contributed by atoms with van der Waals surface area (Å²) in [6.07, 6.45) is 0. The summed E-state index contributed by atoms with van der Waals surface area (Å²) >= 11 is 0. The lowest BCUT2D eigenvalue weighted by atomic mass is 9.90. The number of hydrogen-bond acceptors (Lipinski definition) is 3. The van der Waals surface area contributed by atoms with E-state index in [1.54, 1.807) is 14.0 Å². The Balaban J connectivity index is 2.43. The van der Waals surface area contributed by atoms with Crippen LogP contribution in [0, 0.1) is 6.92 Å². The summed E-state index contributed by atoms with van der Waals surface area (Å²) in [7, 11) is 1.59. The van der Waals surface area contributed by atoms with Crippen molar-refractivity contribution in [1.82, 2.24) is 0 Å². The Morgan fingerprint density at radius 1 is 1.14 bits per heavy atom. The molecule has 2 rings (SSSR count). The predicted molar refractivity (Wildman–Crippen MR) is 84.3 cm³/mol. The molecule has 0 aliphatic heterocycles. The summed E-state index contributed by atoms with van der Waals surface area (Å²) in [6, 6.07) is 15.2. The minimum absolute atomic E-state index is 0.447. The maximum atomic E-state index is 12.0. The van der Waals surface area contributed by atoms with Crippen molar-refractivity contribution in [3.63, 3.8) is 0 Å². The van der Waals surface area contributed by atoms with E-state index in [0.717, 1.165) is 16.8 Å². The molecule has 0 aliphatic rings. The zero-order valence-electron chi connectivity index (χ0n) is 12.5. The standard InChI is InChI=1S/C17H20N2O2/c1-12-8-10-13(11-9-12)17(2,16(18)20)19-14-6-4-5-7-15(14)21-3/h4-11,19H,1-3H3,(H2,18,20). The van der Waals surface area contributed by atoms with Gasteiger partial charge in [-0.15, -0.1) is 0 Å². The molecule has 2 aromatic carbocycles. The van der Waals surface area contributed by atoms with E-state index in [0.29, 0.717) is 5.75 Å². The van der Waals surface area contributed by atoms with Crippen molar-refractivity contribution in [2.75, 3.05) is 12.4 Å². The van der Waals surface area contributed by atoms with Crippen LogP contribution in [0.25, 0.3) is 0 Å². The van der Waals surface area contributed by atoms with Crippen LogP contribution < -0.4 is 15.8 Å². The minimum Gasteiger partial charge on any atom is -0.495 e. The van der Waals surface area contributed by atoms with Gasteiger partial charge in [0.25, 0.3) is 0 Å². The highest BCUT2D eigenvalue weighted by molar-refractivity contribution is 5.89. The molecule has 0 heterocycles. The van der Waals surface area contributed by atoms with Crippen LogP contribution in [0.3, 0.4) is 0 Å². The highest BCUT2D eigenvalue weighted by Crippen LogP contribution is 2.31. The Hall–Kier alpha value is -2.49. The third kappa shape index (κ3) is 2.99. The van der Waals surface area contributed by atoms with Crippen LogP contribution in [-0.2, 0) is 10.3 Å². The number of ether oxygens (including phenoxy) is 1. The SMILES string of the molecule is COc1ccccc1NC(C)(C(N)=O)c1ccc(C)cc1. The van der Waals surface area contributed by atoms with Crippen molar-refractivity contribution in [2.24, 2.45) is 5.73 Å². The first-order valence-corrected chi connectivity index (χ1v) is 6.75. The number of benzene rings is 2.